The summed E-state index contributed by atoms with van der Waals surface area (Å²) >= 11 is 0. The van der Waals surface area contributed by atoms with Gasteiger partial charge in [0.15, 0.2) is 29.1 Å². The summed E-state index contributed by atoms with van der Waals surface area (Å²) in [5.41, 5.74) is -5.44. The van der Waals surface area contributed by atoms with Crippen LogP contribution in [-0.4, -0.2) is 116 Å². The third-order valence-corrected chi connectivity index (χ3v) is 15.4. The van der Waals surface area contributed by atoms with Crippen molar-refractivity contribution in [1.29, 1.82) is 0 Å². The molecule has 2 aliphatic heterocycles. The fourth-order valence-electron chi connectivity index (χ4n) is 11.7. The van der Waals surface area contributed by atoms with Gasteiger partial charge in [-0.25, -0.2) is 8.78 Å². The Hall–Kier alpha value is -5.79. The molecule has 4 fully saturated rings. The summed E-state index contributed by atoms with van der Waals surface area (Å²) < 4.78 is 46.5. The zero-order valence-corrected chi connectivity index (χ0v) is 37.6. The summed E-state index contributed by atoms with van der Waals surface area (Å²) in [6.07, 6.45) is -0.469. The van der Waals surface area contributed by atoms with Gasteiger partial charge in [0.05, 0.1) is 6.10 Å². The second-order valence-corrected chi connectivity index (χ2v) is 19.1. The lowest BCUT2D eigenvalue weighted by Gasteiger charge is -2.63. The molecule has 2 aromatic carbocycles. The molecule has 16 nitrogen and oxygen atoms in total. The summed E-state index contributed by atoms with van der Waals surface area (Å²) in [6.45, 7) is 6.71. The molecule has 2 aromatic rings. The zero-order valence-electron chi connectivity index (χ0n) is 37.6. The van der Waals surface area contributed by atoms with E-state index in [9.17, 15) is 48.9 Å². The first kappa shape index (κ1) is 47.7. The number of aliphatic hydroxyl groups excluding tert-OH is 2. The van der Waals surface area contributed by atoms with Crippen molar-refractivity contribution in [2.45, 2.75) is 114 Å². The molecule has 2 heterocycles. The van der Waals surface area contributed by atoms with Crippen LogP contribution in [0.4, 0.5) is 14.5 Å². The van der Waals surface area contributed by atoms with Gasteiger partial charge in [-0.1, -0.05) is 56.3 Å². The lowest BCUT2D eigenvalue weighted by Crippen LogP contribution is -2.71. The largest absolute Gasteiger partial charge is 0.390 e. The number of carbonyl (C=O) groups is 7. The number of benzene rings is 2. The first-order valence-electron chi connectivity index (χ1n) is 22.4. The number of hydrogen-bond acceptors (Lipinski definition) is 12. The third kappa shape index (κ3) is 7.47. The van der Waals surface area contributed by atoms with Crippen molar-refractivity contribution in [3.8, 4) is 0 Å². The van der Waals surface area contributed by atoms with Crippen LogP contribution in [0.15, 0.2) is 84.5 Å². The molecule has 6 N–H and O–H groups in total. The number of amides is 5. The molecule has 67 heavy (non-hydrogen) atoms. The lowest BCUT2D eigenvalue weighted by molar-refractivity contribution is -0.236. The van der Waals surface area contributed by atoms with E-state index in [2.05, 4.69) is 16.0 Å². The number of ketones is 2. The molecule has 3 saturated carbocycles. The Kier molecular flexibility index (Phi) is 12.1. The minimum absolute atomic E-state index is 0.0659. The number of nitrogens with one attached hydrogen (secondary N) is 3. The van der Waals surface area contributed by atoms with Crippen molar-refractivity contribution >= 4 is 46.8 Å². The number of fused-ring (bicyclic) bond motifs is 7. The van der Waals surface area contributed by atoms with Crippen LogP contribution in [0.25, 0.3) is 0 Å². The number of nitrogens with zero attached hydrogens (tertiary/aromatic N) is 1. The Morgan fingerprint density at radius 2 is 1.46 bits per heavy atom. The molecule has 5 amide bonds. The van der Waals surface area contributed by atoms with Crippen molar-refractivity contribution in [3.63, 3.8) is 0 Å². The number of aliphatic hydroxyl groups is 3. The van der Waals surface area contributed by atoms with Crippen LogP contribution >= 0.6 is 0 Å². The maximum Gasteiger partial charge on any atom is 0.253 e. The Morgan fingerprint density at radius 1 is 0.851 bits per heavy atom. The van der Waals surface area contributed by atoms with Gasteiger partial charge in [-0.3, -0.25) is 38.5 Å². The summed E-state index contributed by atoms with van der Waals surface area (Å²) in [7, 11) is 0. The number of carbonyl (C=O) groups excluding carboxylic acids is 7. The molecule has 4 aliphatic carbocycles. The summed E-state index contributed by atoms with van der Waals surface area (Å²) in [5, 5.41) is 42.3. The number of hydrogen-bond donors (Lipinski definition) is 6. The molecule has 0 aromatic heterocycles. The molecular formula is C49H54F2N4O12. The maximum atomic E-state index is 17.8. The Labute approximate surface area is 384 Å². The average Bonchev–Trinajstić information content (AvgIpc) is 3.86. The predicted octanol–water partition coefficient (Wildman–Crippen LogP) is 3.06. The molecule has 0 unspecified atom stereocenters. The standard InChI is InChI=1S/C49H54F2N4O12/c1-25(29-10-12-31(13-11-29)54-43(64)27(3)53-42(63)26(2)52-39(60)17-19-55-40(61)14-15-41(55)62)28-6-8-30(9-7-28)44-66-47(65)22-35-33-21-36(50)34-20-32(57)16-18-45(34,4)48(33,51)37(58)23-46(35,5)49(47,67-44)38(59)24-56/h6-16,18,20,25-27,33,35-37,44,56,58,65H,17,19,21-24H2,1-5H3,(H,52,60)(H,53,63)(H,54,64)/t25-,26-,27-,33-,35-,36-,37-,44+,45-,46-,47+,48-,49-/m0/s1. The van der Waals surface area contributed by atoms with Gasteiger partial charge in [0.1, 0.15) is 24.9 Å². The zero-order chi connectivity index (χ0) is 48.6. The van der Waals surface area contributed by atoms with E-state index in [1.807, 2.05) is 31.2 Å². The second-order valence-electron chi connectivity index (χ2n) is 19.1. The first-order valence-corrected chi connectivity index (χ1v) is 22.4. The summed E-state index contributed by atoms with van der Waals surface area (Å²) in [4.78, 5) is 88.6. The van der Waals surface area contributed by atoms with Crippen molar-refractivity contribution in [1.82, 2.24) is 15.5 Å². The highest BCUT2D eigenvalue weighted by Crippen LogP contribution is 2.74. The smallest absolute Gasteiger partial charge is 0.253 e. The van der Waals surface area contributed by atoms with E-state index in [1.54, 1.807) is 31.2 Å². The van der Waals surface area contributed by atoms with Crippen molar-refractivity contribution < 1.29 is 67.1 Å². The van der Waals surface area contributed by atoms with Crippen LogP contribution in [0.5, 0.6) is 0 Å². The molecule has 356 valence electrons. The third-order valence-electron chi connectivity index (χ3n) is 15.4. The van der Waals surface area contributed by atoms with E-state index in [-0.39, 0.29) is 30.9 Å². The summed E-state index contributed by atoms with van der Waals surface area (Å²) in [5.74, 6) is -8.91. The lowest BCUT2D eigenvalue weighted by atomic mass is 9.44. The van der Waals surface area contributed by atoms with Crippen LogP contribution in [0.1, 0.15) is 89.2 Å². The number of alkyl halides is 2. The van der Waals surface area contributed by atoms with Crippen molar-refractivity contribution in [3.05, 3.63) is 101 Å². The van der Waals surface area contributed by atoms with Crippen LogP contribution in [0, 0.1) is 22.7 Å². The number of ether oxygens (including phenoxy) is 2. The fourth-order valence-corrected chi connectivity index (χ4v) is 11.7. The van der Waals surface area contributed by atoms with Gasteiger partial charge in [0, 0.05) is 65.5 Å². The van der Waals surface area contributed by atoms with Crippen LogP contribution in [-0.2, 0) is 43.0 Å². The predicted molar refractivity (Wildman–Crippen MR) is 233 cm³/mol. The molecule has 6 aliphatic rings. The second kappa shape index (κ2) is 17.1. The molecule has 0 bridgehead atoms. The number of allylic oxidation sites excluding steroid dienone is 4. The van der Waals surface area contributed by atoms with Gasteiger partial charge >= 0.3 is 0 Å². The Morgan fingerprint density at radius 3 is 2.09 bits per heavy atom. The molecule has 1 saturated heterocycles. The molecule has 0 spiro atoms. The average molecular weight is 929 g/mol. The molecule has 0 radical (unpaired) electrons. The molecule has 13 atom stereocenters. The maximum absolute atomic E-state index is 17.8. The van der Waals surface area contributed by atoms with Crippen molar-refractivity contribution in [2.24, 2.45) is 22.7 Å². The van der Waals surface area contributed by atoms with Gasteiger partial charge < -0.3 is 40.7 Å². The Balaban J connectivity index is 0.897. The van der Waals surface area contributed by atoms with E-state index >= 15 is 8.78 Å². The van der Waals surface area contributed by atoms with Gasteiger partial charge in [0.2, 0.25) is 23.5 Å². The van der Waals surface area contributed by atoms with Gasteiger partial charge in [-0.15, -0.1) is 0 Å². The number of imide groups is 1. The highest BCUT2D eigenvalue weighted by atomic mass is 19.1. The van der Waals surface area contributed by atoms with Gasteiger partial charge in [-0.05, 0) is 80.5 Å². The monoisotopic (exact) mass is 928 g/mol. The normalized spacial score (nSPS) is 35.1. The van der Waals surface area contributed by atoms with E-state index in [0.717, 1.165) is 40.3 Å². The van der Waals surface area contributed by atoms with Gasteiger partial charge in [-0.2, -0.15) is 0 Å². The number of Topliss-reactive ketones (excluding diaryl/α,β-unsaturated/α-hetero) is 1. The minimum Gasteiger partial charge on any atom is -0.390 e. The highest BCUT2D eigenvalue weighted by Gasteiger charge is 2.84. The molecule has 18 heteroatoms. The molecular weight excluding hydrogens is 875 g/mol. The SMILES string of the molecule is C[C@H](c1ccc(NC(=O)[C@H](C)NC(=O)[C@H](C)NC(=O)CCN2C(=O)C=CC2=O)cc1)c1ccc([C@H]2O[C@]3(C(=O)CO)[C@@](O)(C[C@H]4[C@@H]5C[C@H](F)C6=CC(=O)C=C[C@]6(C)[C@@]5(F)[C@@H](O)C[C@@]43C)O2)cc1. The fraction of sp³-hybridized carbons (Fsp3) is 0.490. The van der Waals surface area contributed by atoms with E-state index in [1.165, 1.54) is 26.8 Å². The van der Waals surface area contributed by atoms with Crippen LogP contribution < -0.4 is 16.0 Å². The van der Waals surface area contributed by atoms with Crippen molar-refractivity contribution in [2.75, 3.05) is 18.5 Å². The van der Waals surface area contributed by atoms with E-state index in [4.69, 9.17) is 9.47 Å². The minimum atomic E-state index is -2.48. The topological polar surface area (TPSA) is 238 Å². The quantitative estimate of drug-likeness (QED) is 0.159. The van der Waals surface area contributed by atoms with Gasteiger partial charge in [0.25, 0.3) is 11.8 Å². The van der Waals surface area contributed by atoms with E-state index < -0.39 is 131 Å². The number of halogens is 2. The summed E-state index contributed by atoms with van der Waals surface area (Å²) in [6, 6.07) is 12.1. The molecule has 8 rings (SSSR count). The number of anilines is 1. The van der Waals surface area contributed by atoms with Crippen LogP contribution in [0.3, 0.4) is 0 Å². The highest BCUT2D eigenvalue weighted by molar-refractivity contribution is 6.13. The first-order chi connectivity index (χ1) is 31.5. The van der Waals surface area contributed by atoms with Crippen LogP contribution in [0.2, 0.25) is 0 Å². The van der Waals surface area contributed by atoms with E-state index in [0.29, 0.717) is 11.3 Å². The Bertz CT molecular complexity index is 2500. The number of rotatable bonds is 13.